The van der Waals surface area contributed by atoms with Crippen LogP contribution < -0.4 is 0 Å². The fourth-order valence-electron chi connectivity index (χ4n) is 20.0. The molecule has 6 aromatic heterocycles. The molecule has 0 radical (unpaired) electrons. The number of aromatic nitrogens is 6. The normalized spacial score (nSPS) is 11.6. The lowest BCUT2D eigenvalue weighted by molar-refractivity contribution is 0.670. The molecular formula is C130H80N6O4. The van der Waals surface area contributed by atoms with E-state index in [0.717, 1.165) is 221 Å². The number of nitrogens with zero attached hydrogens (tertiary/aromatic N) is 6. The topological polar surface area (TPSA) is 130 Å². The van der Waals surface area contributed by atoms with Gasteiger partial charge in [0.1, 0.15) is 44.7 Å². The summed E-state index contributed by atoms with van der Waals surface area (Å²) in [5.41, 5.74) is 34.0. The third-order valence-electron chi connectivity index (χ3n) is 27.0. The van der Waals surface area contributed by atoms with Crippen LogP contribution in [0.5, 0.6) is 0 Å². The molecule has 10 nitrogen and oxygen atoms in total. The molecule has 0 spiro atoms. The van der Waals surface area contributed by atoms with Crippen LogP contribution >= 0.6 is 0 Å². The molecule has 27 rings (SSSR count). The molecule has 21 aromatic carbocycles. The molecule has 0 unspecified atom stereocenters. The van der Waals surface area contributed by atoms with Gasteiger partial charge in [-0.1, -0.05) is 473 Å². The predicted molar refractivity (Wildman–Crippen MR) is 573 cm³/mol. The molecule has 0 atom stereocenters. The van der Waals surface area contributed by atoms with Crippen molar-refractivity contribution in [3.05, 3.63) is 485 Å². The van der Waals surface area contributed by atoms with Crippen LogP contribution in [-0.2, 0) is 0 Å². The maximum atomic E-state index is 6.91. The summed E-state index contributed by atoms with van der Waals surface area (Å²) < 4.78 is 27.3. The summed E-state index contributed by atoms with van der Waals surface area (Å²) in [6, 6.07) is 169. The number of hydrogen-bond donors (Lipinski definition) is 0. The number of para-hydroxylation sites is 8. The summed E-state index contributed by atoms with van der Waals surface area (Å²) in [6.07, 6.45) is 0. The van der Waals surface area contributed by atoms with Crippen molar-refractivity contribution in [1.82, 2.24) is 29.9 Å². The first-order valence-corrected chi connectivity index (χ1v) is 47.1. The Balaban J connectivity index is 0.000000144. The molecule has 0 saturated heterocycles. The maximum absolute atomic E-state index is 6.91. The van der Waals surface area contributed by atoms with E-state index in [4.69, 9.17) is 47.6 Å². The molecule has 0 saturated carbocycles. The largest absolute Gasteiger partial charge is 0.455 e. The molecule has 140 heavy (non-hydrogen) atoms. The summed E-state index contributed by atoms with van der Waals surface area (Å²) in [5, 5.41) is 11.0. The minimum atomic E-state index is 0.587. The number of fused-ring (bicyclic) bond motifs is 13. The Hall–Kier alpha value is -18.9. The first-order valence-electron chi connectivity index (χ1n) is 47.1. The van der Waals surface area contributed by atoms with Crippen LogP contribution in [0.3, 0.4) is 0 Å². The van der Waals surface area contributed by atoms with Gasteiger partial charge in [-0.2, -0.15) is 0 Å². The van der Waals surface area contributed by atoms with Gasteiger partial charge in [-0.05, 0) is 89.7 Å². The summed E-state index contributed by atoms with van der Waals surface area (Å²) in [5.74, 6) is 3.57. The summed E-state index contributed by atoms with van der Waals surface area (Å²) in [4.78, 5) is 30.6. The van der Waals surface area contributed by atoms with Crippen LogP contribution in [0.1, 0.15) is 0 Å². The van der Waals surface area contributed by atoms with Gasteiger partial charge in [0.25, 0.3) is 0 Å². The van der Waals surface area contributed by atoms with Gasteiger partial charge in [0, 0.05) is 121 Å². The van der Waals surface area contributed by atoms with Gasteiger partial charge in [0.05, 0.1) is 0 Å². The molecule has 0 aliphatic carbocycles. The fourth-order valence-corrected chi connectivity index (χ4v) is 20.0. The third-order valence-corrected chi connectivity index (χ3v) is 27.0. The Morgan fingerprint density at radius 1 is 0.107 bits per heavy atom. The molecule has 0 N–H and O–H groups in total. The standard InChI is InChI=1S/C67H41N3O2.C63H39N3O2/c1-3-14-42(15-4-1)50-20-9-21-51(40-50)56-25-13-29-60-59-28-12-24-55(63(59)72-64(56)60)46-33-37-48(38-34-46)66-68-65(69-67(70-66)52-39-30-43-16-7-8-19-49(43)41-52)47-35-31-45(32-36-47)54-23-11-27-58-57-26-10-22-53(61(57)71-62(54)58)44-17-5-2-6-18-44;1-4-16-40(17-5-1)47-22-10-11-23-51(47)52-27-15-31-56-55-30-14-26-50(59(55)68-60(52)56)43-34-38-46(39-35-43)63-65-61(44-20-8-3-9-21-44)64-62(66-63)45-36-32-42(33-37-45)49-25-13-29-54-53-28-12-24-48(57(53)67-58(49)54)41-18-6-2-7-19-41/h1-41H;1-39H. The SMILES string of the molecule is c1ccc(-c2cccc(-c3cccc4c3oc3c(-c5ccc(-c6nc(-c7ccc(-c8cccc9c8oc8c(-c%10ccccc%10)cccc89)cc7)nc(-c7ccc8ccccc8c7)n6)cc5)cccc34)c2)cc1.c1ccc(-c2nc(-c3ccc(-c4cccc5c4oc4c(-c6ccccc6)cccc45)cc3)nc(-c3ccc(-c4cccc5c4oc4c(-c6ccccc6-c6ccccc6)cccc45)cc3)n2)cc1. The Kier molecular flexibility index (Phi) is 20.4. The highest BCUT2D eigenvalue weighted by Gasteiger charge is 2.25. The minimum absolute atomic E-state index is 0.587. The van der Waals surface area contributed by atoms with Crippen LogP contribution in [0.15, 0.2) is 503 Å². The number of furan rings is 4. The van der Waals surface area contributed by atoms with Gasteiger partial charge in [0.15, 0.2) is 34.9 Å². The molecule has 0 bridgehead atoms. The van der Waals surface area contributed by atoms with E-state index in [1.54, 1.807) is 0 Å². The maximum Gasteiger partial charge on any atom is 0.164 e. The quantitative estimate of drug-likeness (QED) is 0.0922. The Morgan fingerprint density at radius 2 is 0.307 bits per heavy atom. The second kappa shape index (κ2) is 34.8. The summed E-state index contributed by atoms with van der Waals surface area (Å²) >= 11 is 0. The smallest absolute Gasteiger partial charge is 0.164 e. The van der Waals surface area contributed by atoms with Crippen molar-refractivity contribution in [3.63, 3.8) is 0 Å². The van der Waals surface area contributed by atoms with E-state index >= 15 is 0 Å². The molecular weight excluding hydrogens is 1710 g/mol. The molecule has 0 aliphatic rings. The van der Waals surface area contributed by atoms with Crippen molar-refractivity contribution in [2.45, 2.75) is 0 Å². The number of rotatable bonds is 16. The lowest BCUT2D eigenvalue weighted by Gasteiger charge is -2.10. The summed E-state index contributed by atoms with van der Waals surface area (Å²) in [6.45, 7) is 0. The molecule has 0 aliphatic heterocycles. The summed E-state index contributed by atoms with van der Waals surface area (Å²) in [7, 11) is 0. The van der Waals surface area contributed by atoms with Gasteiger partial charge >= 0.3 is 0 Å². The third kappa shape index (κ3) is 14.9. The van der Waals surface area contributed by atoms with Crippen molar-refractivity contribution >= 4 is 98.5 Å². The lowest BCUT2D eigenvalue weighted by atomic mass is 9.93. The highest BCUT2D eigenvalue weighted by Crippen LogP contribution is 2.48. The predicted octanol–water partition coefficient (Wildman–Crippen LogP) is 35.2. The van der Waals surface area contributed by atoms with Crippen molar-refractivity contribution in [1.29, 1.82) is 0 Å². The first-order chi connectivity index (χ1) is 69.4. The van der Waals surface area contributed by atoms with E-state index in [1.165, 1.54) is 22.3 Å². The van der Waals surface area contributed by atoms with Crippen molar-refractivity contribution in [2.75, 3.05) is 0 Å². The number of hydrogen-bond acceptors (Lipinski definition) is 10. The molecule has 6 heterocycles. The van der Waals surface area contributed by atoms with E-state index in [0.29, 0.717) is 34.9 Å². The van der Waals surface area contributed by atoms with E-state index < -0.39 is 0 Å². The number of benzene rings is 21. The van der Waals surface area contributed by atoms with Crippen LogP contribution in [0.4, 0.5) is 0 Å². The monoisotopic (exact) mass is 1790 g/mol. The van der Waals surface area contributed by atoms with Crippen molar-refractivity contribution < 1.29 is 17.7 Å². The Morgan fingerprint density at radius 3 is 0.643 bits per heavy atom. The average molecular weight is 1790 g/mol. The Labute approximate surface area is 805 Å². The van der Waals surface area contributed by atoms with Crippen molar-refractivity contribution in [3.8, 4) is 180 Å². The minimum Gasteiger partial charge on any atom is -0.455 e. The zero-order valence-electron chi connectivity index (χ0n) is 75.5. The van der Waals surface area contributed by atoms with Gasteiger partial charge in [-0.15, -0.1) is 0 Å². The molecule has 27 aromatic rings. The molecule has 0 amide bonds. The van der Waals surface area contributed by atoms with E-state index in [-0.39, 0.29) is 0 Å². The van der Waals surface area contributed by atoms with E-state index in [9.17, 15) is 0 Å². The van der Waals surface area contributed by atoms with Gasteiger partial charge in [-0.25, -0.2) is 29.9 Å². The van der Waals surface area contributed by atoms with E-state index in [2.05, 4.69) is 437 Å². The van der Waals surface area contributed by atoms with Crippen LogP contribution in [0.25, 0.3) is 278 Å². The van der Waals surface area contributed by atoms with Gasteiger partial charge < -0.3 is 17.7 Å². The highest BCUT2D eigenvalue weighted by molar-refractivity contribution is 6.18. The average Bonchev–Trinajstić information content (AvgIpc) is 1.57. The zero-order valence-corrected chi connectivity index (χ0v) is 75.5. The fraction of sp³-hybridized carbons (Fsp3) is 0. The molecule has 0 fully saturated rings. The zero-order chi connectivity index (χ0) is 92.5. The van der Waals surface area contributed by atoms with Crippen LogP contribution in [0.2, 0.25) is 0 Å². The first kappa shape index (κ1) is 81.8. The van der Waals surface area contributed by atoms with Crippen LogP contribution in [-0.4, -0.2) is 29.9 Å². The molecule has 654 valence electrons. The second-order valence-corrected chi connectivity index (χ2v) is 35.3. The van der Waals surface area contributed by atoms with Crippen LogP contribution in [0, 0.1) is 0 Å². The van der Waals surface area contributed by atoms with Crippen molar-refractivity contribution in [2.24, 2.45) is 0 Å². The Bertz CT molecular complexity index is 9450. The second-order valence-electron chi connectivity index (χ2n) is 35.3. The van der Waals surface area contributed by atoms with Gasteiger partial charge in [-0.3, -0.25) is 0 Å². The lowest BCUT2D eigenvalue weighted by Crippen LogP contribution is -2.00. The van der Waals surface area contributed by atoms with E-state index in [1.807, 2.05) is 48.5 Å². The highest BCUT2D eigenvalue weighted by atomic mass is 16.3. The molecule has 10 heteroatoms. The van der Waals surface area contributed by atoms with Gasteiger partial charge in [0.2, 0.25) is 0 Å².